The van der Waals surface area contributed by atoms with Gasteiger partial charge in [0.1, 0.15) is 0 Å². The molecule has 2 aromatic carbocycles. The summed E-state index contributed by atoms with van der Waals surface area (Å²) in [5, 5.41) is 0. The number of hydrogen-bond donors (Lipinski definition) is 0. The van der Waals surface area contributed by atoms with Crippen LogP contribution in [0.25, 0.3) is 0 Å². The lowest BCUT2D eigenvalue weighted by Crippen LogP contribution is -2.21. The molecular formula is C17H17Br2NO. The second-order valence-electron chi connectivity index (χ2n) is 5.05. The number of halogens is 2. The number of Topliss-reactive ketones (excluding diaryl/α,β-unsaturated/α-hetero) is 1. The first kappa shape index (κ1) is 16.4. The molecule has 0 aliphatic rings. The second kappa shape index (κ2) is 7.87. The molecule has 0 aliphatic carbocycles. The molecule has 0 aliphatic heterocycles. The molecule has 0 amide bonds. The largest absolute Gasteiger partial charge is 0.302 e. The maximum atomic E-state index is 12.1. The van der Waals surface area contributed by atoms with E-state index >= 15 is 0 Å². The van der Waals surface area contributed by atoms with Crippen molar-refractivity contribution in [3.05, 3.63) is 68.6 Å². The van der Waals surface area contributed by atoms with Crippen LogP contribution in [-0.2, 0) is 6.54 Å². The number of rotatable bonds is 6. The summed E-state index contributed by atoms with van der Waals surface area (Å²) in [5.41, 5.74) is 2.01. The molecule has 4 heteroatoms. The van der Waals surface area contributed by atoms with Crippen LogP contribution in [0.3, 0.4) is 0 Å². The third kappa shape index (κ3) is 5.38. The number of hydrogen-bond acceptors (Lipinski definition) is 2. The number of carbonyl (C=O) groups excluding carboxylic acids is 1. The Morgan fingerprint density at radius 2 is 1.76 bits per heavy atom. The molecule has 110 valence electrons. The molecule has 21 heavy (non-hydrogen) atoms. The van der Waals surface area contributed by atoms with Crippen molar-refractivity contribution in [3.8, 4) is 0 Å². The minimum Gasteiger partial charge on any atom is -0.302 e. The highest BCUT2D eigenvalue weighted by Gasteiger charge is 2.08. The fourth-order valence-electron chi connectivity index (χ4n) is 2.10. The Morgan fingerprint density at radius 3 is 2.43 bits per heavy atom. The molecule has 0 atom stereocenters. The molecule has 0 bridgehead atoms. The molecular weight excluding hydrogens is 394 g/mol. The average molecular weight is 411 g/mol. The third-order valence-corrected chi connectivity index (χ3v) is 4.25. The zero-order valence-corrected chi connectivity index (χ0v) is 15.0. The summed E-state index contributed by atoms with van der Waals surface area (Å²) in [6.45, 7) is 1.59. The van der Waals surface area contributed by atoms with Crippen LogP contribution in [0.2, 0.25) is 0 Å². The van der Waals surface area contributed by atoms with E-state index in [1.165, 1.54) is 5.56 Å². The van der Waals surface area contributed by atoms with Crippen LogP contribution in [0.1, 0.15) is 22.3 Å². The van der Waals surface area contributed by atoms with Crippen LogP contribution in [0.5, 0.6) is 0 Å². The molecule has 0 heterocycles. The first-order chi connectivity index (χ1) is 10.0. The number of ketones is 1. The van der Waals surface area contributed by atoms with Crippen LogP contribution in [0.4, 0.5) is 0 Å². The van der Waals surface area contributed by atoms with Gasteiger partial charge < -0.3 is 4.90 Å². The first-order valence-electron chi connectivity index (χ1n) is 6.76. The van der Waals surface area contributed by atoms with Gasteiger partial charge in [-0.3, -0.25) is 4.79 Å². The lowest BCUT2D eigenvalue weighted by molar-refractivity contribution is 0.0968. The maximum absolute atomic E-state index is 12.1. The third-order valence-electron chi connectivity index (χ3n) is 3.23. The Bertz CT molecular complexity index is 610. The maximum Gasteiger partial charge on any atom is 0.164 e. The Labute approximate surface area is 142 Å². The van der Waals surface area contributed by atoms with Crippen molar-refractivity contribution in [2.24, 2.45) is 0 Å². The standard InChI is InChI=1S/C17H17Br2NO/c1-20(12-13-3-2-4-16(19)11-13)10-9-17(21)14-5-7-15(18)8-6-14/h2-8,11H,9-10,12H2,1H3. The molecule has 2 nitrogen and oxygen atoms in total. The van der Waals surface area contributed by atoms with Crippen molar-refractivity contribution in [1.82, 2.24) is 4.90 Å². The fraction of sp³-hybridized carbons (Fsp3) is 0.235. The monoisotopic (exact) mass is 409 g/mol. The van der Waals surface area contributed by atoms with Crippen LogP contribution in [0.15, 0.2) is 57.5 Å². The molecule has 0 N–H and O–H groups in total. The Kier molecular flexibility index (Phi) is 6.15. The summed E-state index contributed by atoms with van der Waals surface area (Å²) in [7, 11) is 2.04. The van der Waals surface area contributed by atoms with Crippen molar-refractivity contribution in [2.45, 2.75) is 13.0 Å². The van der Waals surface area contributed by atoms with E-state index in [-0.39, 0.29) is 5.78 Å². The van der Waals surface area contributed by atoms with Gasteiger partial charge in [0.25, 0.3) is 0 Å². The van der Waals surface area contributed by atoms with Crippen LogP contribution in [0, 0.1) is 0 Å². The lowest BCUT2D eigenvalue weighted by atomic mass is 10.1. The van der Waals surface area contributed by atoms with Gasteiger partial charge in [-0.15, -0.1) is 0 Å². The van der Waals surface area contributed by atoms with Gasteiger partial charge in [-0.1, -0.05) is 56.1 Å². The van der Waals surface area contributed by atoms with E-state index in [1.807, 2.05) is 43.4 Å². The summed E-state index contributed by atoms with van der Waals surface area (Å²) >= 11 is 6.85. The van der Waals surface area contributed by atoms with Crippen LogP contribution >= 0.6 is 31.9 Å². The molecule has 0 saturated carbocycles. The molecule has 0 aromatic heterocycles. The summed E-state index contributed by atoms with van der Waals surface area (Å²) < 4.78 is 2.07. The van der Waals surface area contributed by atoms with E-state index in [0.29, 0.717) is 6.42 Å². The van der Waals surface area contributed by atoms with Crippen molar-refractivity contribution < 1.29 is 4.79 Å². The van der Waals surface area contributed by atoms with Gasteiger partial charge in [0.15, 0.2) is 5.78 Å². The zero-order valence-electron chi connectivity index (χ0n) is 11.9. The van der Waals surface area contributed by atoms with Crippen LogP contribution < -0.4 is 0 Å². The molecule has 0 saturated heterocycles. The zero-order chi connectivity index (χ0) is 15.2. The van der Waals surface area contributed by atoms with Crippen molar-refractivity contribution in [2.75, 3.05) is 13.6 Å². The second-order valence-corrected chi connectivity index (χ2v) is 6.88. The van der Waals surface area contributed by atoms with Gasteiger partial charge in [0.05, 0.1) is 0 Å². The molecule has 2 rings (SSSR count). The topological polar surface area (TPSA) is 20.3 Å². The quantitative estimate of drug-likeness (QED) is 0.630. The molecule has 2 aromatic rings. The highest BCUT2D eigenvalue weighted by atomic mass is 79.9. The Balaban J connectivity index is 1.84. The number of benzene rings is 2. The Hall–Kier alpha value is -0.970. The van der Waals surface area contributed by atoms with Crippen molar-refractivity contribution >= 4 is 37.6 Å². The van der Waals surface area contributed by atoms with E-state index in [4.69, 9.17) is 0 Å². The molecule has 0 unspecified atom stereocenters. The predicted molar refractivity (Wildman–Crippen MR) is 93.6 cm³/mol. The summed E-state index contributed by atoms with van der Waals surface area (Å²) in [6.07, 6.45) is 0.534. The highest BCUT2D eigenvalue weighted by molar-refractivity contribution is 9.10. The van der Waals surface area contributed by atoms with Gasteiger partial charge in [-0.05, 0) is 36.9 Å². The summed E-state index contributed by atoms with van der Waals surface area (Å²) in [4.78, 5) is 14.3. The lowest BCUT2D eigenvalue weighted by Gasteiger charge is -2.16. The van der Waals surface area contributed by atoms with Crippen molar-refractivity contribution in [1.29, 1.82) is 0 Å². The van der Waals surface area contributed by atoms with E-state index in [9.17, 15) is 4.79 Å². The smallest absolute Gasteiger partial charge is 0.164 e. The molecule has 0 radical (unpaired) electrons. The normalized spacial score (nSPS) is 10.9. The van der Waals surface area contributed by atoms with E-state index in [0.717, 1.165) is 27.6 Å². The summed E-state index contributed by atoms with van der Waals surface area (Å²) in [6, 6.07) is 15.8. The number of nitrogens with zero attached hydrogens (tertiary/aromatic N) is 1. The van der Waals surface area contributed by atoms with Gasteiger partial charge >= 0.3 is 0 Å². The minimum atomic E-state index is 0.184. The van der Waals surface area contributed by atoms with Gasteiger partial charge in [0, 0.05) is 34.0 Å². The molecule has 0 spiro atoms. The fourth-order valence-corrected chi connectivity index (χ4v) is 2.81. The highest BCUT2D eigenvalue weighted by Crippen LogP contribution is 2.14. The van der Waals surface area contributed by atoms with Crippen molar-refractivity contribution in [3.63, 3.8) is 0 Å². The van der Waals surface area contributed by atoms with Gasteiger partial charge in [-0.2, -0.15) is 0 Å². The van der Waals surface area contributed by atoms with E-state index in [1.54, 1.807) is 0 Å². The molecule has 0 fully saturated rings. The van der Waals surface area contributed by atoms with Crippen LogP contribution in [-0.4, -0.2) is 24.3 Å². The van der Waals surface area contributed by atoms with E-state index < -0.39 is 0 Å². The SMILES string of the molecule is CN(CCC(=O)c1ccc(Br)cc1)Cc1cccc(Br)c1. The van der Waals surface area contributed by atoms with E-state index in [2.05, 4.69) is 48.9 Å². The van der Waals surface area contributed by atoms with Gasteiger partial charge in [-0.25, -0.2) is 0 Å². The summed E-state index contributed by atoms with van der Waals surface area (Å²) in [5.74, 6) is 0.184. The van der Waals surface area contributed by atoms with Gasteiger partial charge in [0.2, 0.25) is 0 Å². The average Bonchev–Trinajstić information content (AvgIpc) is 2.45. The number of carbonyl (C=O) groups is 1. The first-order valence-corrected chi connectivity index (χ1v) is 8.35. The Morgan fingerprint density at radius 1 is 1.05 bits per heavy atom. The minimum absolute atomic E-state index is 0.184. The predicted octanol–water partition coefficient (Wildman–Crippen LogP) is 4.92.